The first-order valence-corrected chi connectivity index (χ1v) is 6.90. The molecular formula is C11H24N2O2S. The van der Waals surface area contributed by atoms with E-state index in [9.17, 15) is 4.79 Å². The number of aliphatic hydroxyl groups excluding tert-OH is 1. The van der Waals surface area contributed by atoms with Crippen LogP contribution in [0.25, 0.3) is 0 Å². The van der Waals surface area contributed by atoms with E-state index in [2.05, 4.69) is 5.32 Å². The van der Waals surface area contributed by atoms with Crippen molar-refractivity contribution in [3.63, 3.8) is 0 Å². The fourth-order valence-corrected chi connectivity index (χ4v) is 2.10. The number of nitrogens with one attached hydrogen (secondary N) is 1. The number of amides is 1. The second-order valence-corrected chi connectivity index (χ2v) is 5.57. The van der Waals surface area contributed by atoms with Crippen LogP contribution in [-0.4, -0.2) is 41.2 Å². The zero-order valence-electron chi connectivity index (χ0n) is 10.6. The van der Waals surface area contributed by atoms with Gasteiger partial charge in [-0.15, -0.1) is 0 Å². The van der Waals surface area contributed by atoms with Gasteiger partial charge < -0.3 is 16.2 Å². The van der Waals surface area contributed by atoms with Gasteiger partial charge in [-0.1, -0.05) is 13.8 Å². The average Bonchev–Trinajstić information content (AvgIpc) is 2.18. The molecule has 0 radical (unpaired) electrons. The molecule has 0 rings (SSSR count). The quantitative estimate of drug-likeness (QED) is 0.616. The summed E-state index contributed by atoms with van der Waals surface area (Å²) in [5.41, 5.74) is 5.77. The largest absolute Gasteiger partial charge is 0.395 e. The lowest BCUT2D eigenvalue weighted by molar-refractivity contribution is -0.123. The van der Waals surface area contributed by atoms with Crippen LogP contribution in [0.2, 0.25) is 0 Å². The number of carbonyl (C=O) groups is 1. The fourth-order valence-electron chi connectivity index (χ4n) is 1.48. The molecule has 0 aliphatic rings. The van der Waals surface area contributed by atoms with Crippen LogP contribution in [-0.2, 0) is 4.79 Å². The van der Waals surface area contributed by atoms with E-state index in [-0.39, 0.29) is 23.8 Å². The lowest BCUT2D eigenvalue weighted by Gasteiger charge is -2.23. The SMILES string of the molecule is CSC(CO)C(C)NC(=O)C(N)CC(C)C. The molecule has 5 heteroatoms. The number of hydrogen-bond donors (Lipinski definition) is 3. The Labute approximate surface area is 102 Å². The highest BCUT2D eigenvalue weighted by Crippen LogP contribution is 2.11. The average molecular weight is 248 g/mol. The van der Waals surface area contributed by atoms with Gasteiger partial charge in [-0.3, -0.25) is 4.79 Å². The summed E-state index contributed by atoms with van der Waals surface area (Å²) in [5, 5.41) is 12.0. The molecule has 0 aromatic carbocycles. The number of thioether (sulfide) groups is 1. The summed E-state index contributed by atoms with van der Waals surface area (Å²) in [6, 6.07) is -0.519. The molecule has 0 aliphatic heterocycles. The minimum absolute atomic E-state index is 0.0233. The summed E-state index contributed by atoms with van der Waals surface area (Å²) in [4.78, 5) is 11.7. The molecule has 3 unspecified atom stereocenters. The Bertz CT molecular complexity index is 208. The van der Waals surface area contributed by atoms with Crippen molar-refractivity contribution in [2.45, 2.75) is 44.5 Å². The minimum Gasteiger partial charge on any atom is -0.395 e. The van der Waals surface area contributed by atoms with Crippen LogP contribution in [0.4, 0.5) is 0 Å². The molecular weight excluding hydrogens is 224 g/mol. The standard InChI is InChI=1S/C11H24N2O2S/c1-7(2)5-9(12)11(15)13-8(3)10(6-14)16-4/h7-10,14H,5-6,12H2,1-4H3,(H,13,15). The fraction of sp³-hybridized carbons (Fsp3) is 0.909. The van der Waals surface area contributed by atoms with Crippen molar-refractivity contribution < 1.29 is 9.90 Å². The zero-order valence-corrected chi connectivity index (χ0v) is 11.4. The highest BCUT2D eigenvalue weighted by Gasteiger charge is 2.21. The van der Waals surface area contributed by atoms with Crippen molar-refractivity contribution in [1.29, 1.82) is 0 Å². The van der Waals surface area contributed by atoms with E-state index in [0.29, 0.717) is 12.3 Å². The topological polar surface area (TPSA) is 75.3 Å². The smallest absolute Gasteiger partial charge is 0.237 e. The maximum absolute atomic E-state index is 11.7. The van der Waals surface area contributed by atoms with Crippen LogP contribution in [0.5, 0.6) is 0 Å². The van der Waals surface area contributed by atoms with Crippen molar-refractivity contribution in [2.75, 3.05) is 12.9 Å². The number of nitrogens with two attached hydrogens (primary N) is 1. The Hall–Kier alpha value is -0.260. The van der Waals surface area contributed by atoms with E-state index in [1.165, 1.54) is 0 Å². The number of hydrogen-bond acceptors (Lipinski definition) is 4. The zero-order chi connectivity index (χ0) is 12.7. The van der Waals surface area contributed by atoms with Gasteiger partial charge in [0.1, 0.15) is 0 Å². The molecule has 0 spiro atoms. The van der Waals surface area contributed by atoms with Gasteiger partial charge >= 0.3 is 0 Å². The van der Waals surface area contributed by atoms with Crippen molar-refractivity contribution >= 4 is 17.7 Å². The van der Waals surface area contributed by atoms with E-state index in [4.69, 9.17) is 10.8 Å². The number of carbonyl (C=O) groups excluding carboxylic acids is 1. The van der Waals surface area contributed by atoms with Gasteiger partial charge in [0.2, 0.25) is 5.91 Å². The molecule has 0 aliphatic carbocycles. The van der Waals surface area contributed by atoms with Gasteiger partial charge in [0.05, 0.1) is 12.6 Å². The number of rotatable bonds is 7. The maximum Gasteiger partial charge on any atom is 0.237 e. The highest BCUT2D eigenvalue weighted by molar-refractivity contribution is 7.99. The molecule has 16 heavy (non-hydrogen) atoms. The maximum atomic E-state index is 11.7. The Morgan fingerprint density at radius 2 is 2.00 bits per heavy atom. The third-order valence-corrected chi connectivity index (χ3v) is 3.64. The molecule has 0 saturated carbocycles. The molecule has 4 nitrogen and oxygen atoms in total. The van der Waals surface area contributed by atoms with Crippen molar-refractivity contribution in [3.05, 3.63) is 0 Å². The molecule has 96 valence electrons. The molecule has 0 aromatic heterocycles. The van der Waals surface area contributed by atoms with Crippen LogP contribution in [0.15, 0.2) is 0 Å². The Morgan fingerprint density at radius 1 is 1.44 bits per heavy atom. The predicted molar refractivity (Wildman–Crippen MR) is 69.4 cm³/mol. The van der Waals surface area contributed by atoms with Gasteiger partial charge in [-0.05, 0) is 25.5 Å². The van der Waals surface area contributed by atoms with E-state index < -0.39 is 6.04 Å². The molecule has 0 aromatic rings. The molecule has 0 bridgehead atoms. The summed E-state index contributed by atoms with van der Waals surface area (Å²) < 4.78 is 0. The first-order chi connectivity index (χ1) is 7.42. The Balaban J connectivity index is 4.12. The molecule has 1 amide bonds. The first kappa shape index (κ1) is 15.7. The van der Waals surface area contributed by atoms with Gasteiger partial charge in [-0.25, -0.2) is 0 Å². The highest BCUT2D eigenvalue weighted by atomic mass is 32.2. The summed E-state index contributed by atoms with van der Waals surface area (Å²) in [6.45, 7) is 6.02. The van der Waals surface area contributed by atoms with Crippen LogP contribution in [0.3, 0.4) is 0 Å². The van der Waals surface area contributed by atoms with Crippen molar-refractivity contribution in [2.24, 2.45) is 11.7 Å². The van der Waals surface area contributed by atoms with Crippen molar-refractivity contribution in [3.8, 4) is 0 Å². The van der Waals surface area contributed by atoms with E-state index >= 15 is 0 Å². The molecule has 4 N–H and O–H groups in total. The first-order valence-electron chi connectivity index (χ1n) is 5.62. The van der Waals surface area contributed by atoms with E-state index in [1.54, 1.807) is 11.8 Å². The number of aliphatic hydroxyl groups is 1. The normalized spacial score (nSPS) is 16.9. The predicted octanol–water partition coefficient (Wildman–Crippen LogP) is 0.588. The van der Waals surface area contributed by atoms with Gasteiger partial charge in [0, 0.05) is 11.3 Å². The Morgan fingerprint density at radius 3 is 2.38 bits per heavy atom. The van der Waals surface area contributed by atoms with Crippen LogP contribution in [0.1, 0.15) is 27.2 Å². The minimum atomic E-state index is -0.455. The van der Waals surface area contributed by atoms with E-state index in [0.717, 1.165) is 0 Å². The summed E-state index contributed by atoms with van der Waals surface area (Å²) >= 11 is 1.54. The molecule has 0 saturated heterocycles. The van der Waals surface area contributed by atoms with Crippen molar-refractivity contribution in [1.82, 2.24) is 5.32 Å². The third-order valence-electron chi connectivity index (χ3n) is 2.47. The van der Waals surface area contributed by atoms with Crippen LogP contribution in [0, 0.1) is 5.92 Å². The lowest BCUT2D eigenvalue weighted by Crippen LogP contribution is -2.48. The second kappa shape index (κ2) is 7.92. The molecule has 0 fully saturated rings. The summed E-state index contributed by atoms with van der Waals surface area (Å²) in [6.07, 6.45) is 2.60. The third kappa shape index (κ3) is 5.72. The van der Waals surface area contributed by atoms with Crippen LogP contribution >= 0.6 is 11.8 Å². The second-order valence-electron chi connectivity index (χ2n) is 4.49. The molecule has 3 atom stereocenters. The van der Waals surface area contributed by atoms with Gasteiger partial charge in [0.15, 0.2) is 0 Å². The summed E-state index contributed by atoms with van der Waals surface area (Å²) in [7, 11) is 0. The monoisotopic (exact) mass is 248 g/mol. The van der Waals surface area contributed by atoms with E-state index in [1.807, 2.05) is 27.0 Å². The van der Waals surface area contributed by atoms with Gasteiger partial charge in [0.25, 0.3) is 0 Å². The van der Waals surface area contributed by atoms with Gasteiger partial charge in [-0.2, -0.15) is 11.8 Å². The summed E-state index contributed by atoms with van der Waals surface area (Å²) in [5.74, 6) is 0.277. The lowest BCUT2D eigenvalue weighted by atomic mass is 10.0. The van der Waals surface area contributed by atoms with Crippen LogP contribution < -0.4 is 11.1 Å². The molecule has 0 heterocycles. The Kier molecular flexibility index (Phi) is 7.80.